The number of hydrogen-bond donors (Lipinski definition) is 1. The number of methoxy groups -OCH3 is 1. The molecule has 0 aromatic heterocycles. The minimum Gasteiger partial charge on any atom is -0.497 e. The van der Waals surface area contributed by atoms with E-state index in [-0.39, 0.29) is 6.42 Å². The fourth-order valence-corrected chi connectivity index (χ4v) is 3.67. The van der Waals surface area contributed by atoms with Gasteiger partial charge in [0.2, 0.25) is 0 Å². The Balaban J connectivity index is 1.81. The standard InChI is InChI=1S/C23H28O4/c1-26-20-11-9-19(10-12-20)21-15-17(8-14-23(24)25)7-13-22(21)27-16-18-5-3-2-4-6-18/h7,9-13,15,18H,2-6,8,14,16H2,1H3,(H,24,25). The second-order valence-electron chi connectivity index (χ2n) is 7.27. The van der Waals surface area contributed by atoms with Crippen LogP contribution in [0.1, 0.15) is 44.1 Å². The van der Waals surface area contributed by atoms with Crippen LogP contribution in [0.5, 0.6) is 11.5 Å². The Hall–Kier alpha value is -2.49. The topological polar surface area (TPSA) is 55.8 Å². The van der Waals surface area contributed by atoms with Crippen molar-refractivity contribution in [2.75, 3.05) is 13.7 Å². The average Bonchev–Trinajstić information content (AvgIpc) is 2.72. The van der Waals surface area contributed by atoms with Gasteiger partial charge in [-0.05, 0) is 60.6 Å². The summed E-state index contributed by atoms with van der Waals surface area (Å²) >= 11 is 0. The van der Waals surface area contributed by atoms with Crippen LogP contribution in [0.4, 0.5) is 0 Å². The van der Waals surface area contributed by atoms with E-state index in [9.17, 15) is 4.79 Å². The smallest absolute Gasteiger partial charge is 0.303 e. The lowest BCUT2D eigenvalue weighted by Crippen LogP contribution is -2.15. The van der Waals surface area contributed by atoms with Crippen molar-refractivity contribution < 1.29 is 19.4 Å². The maximum Gasteiger partial charge on any atom is 0.303 e. The highest BCUT2D eigenvalue weighted by Crippen LogP contribution is 2.34. The van der Waals surface area contributed by atoms with Gasteiger partial charge in [-0.25, -0.2) is 0 Å². The number of rotatable bonds is 8. The lowest BCUT2D eigenvalue weighted by atomic mass is 9.90. The summed E-state index contributed by atoms with van der Waals surface area (Å²) < 4.78 is 11.5. The molecule has 0 radical (unpaired) electrons. The third-order valence-electron chi connectivity index (χ3n) is 5.27. The first-order valence-electron chi connectivity index (χ1n) is 9.77. The quantitative estimate of drug-likeness (QED) is 0.683. The summed E-state index contributed by atoms with van der Waals surface area (Å²) in [6, 6.07) is 13.9. The van der Waals surface area contributed by atoms with E-state index in [4.69, 9.17) is 14.6 Å². The van der Waals surface area contributed by atoms with Gasteiger partial charge < -0.3 is 14.6 Å². The molecule has 1 aliphatic carbocycles. The average molecular weight is 368 g/mol. The molecule has 0 unspecified atom stereocenters. The minimum atomic E-state index is -0.779. The van der Waals surface area contributed by atoms with Gasteiger partial charge in [0.15, 0.2) is 0 Å². The van der Waals surface area contributed by atoms with E-state index in [1.165, 1.54) is 32.1 Å². The summed E-state index contributed by atoms with van der Waals surface area (Å²) in [4.78, 5) is 10.9. The highest BCUT2D eigenvalue weighted by Gasteiger charge is 2.16. The molecule has 1 saturated carbocycles. The Bertz CT molecular complexity index is 745. The number of carboxylic acid groups (broad SMARTS) is 1. The van der Waals surface area contributed by atoms with Crippen LogP contribution < -0.4 is 9.47 Å². The number of aliphatic carboxylic acids is 1. The van der Waals surface area contributed by atoms with Crippen molar-refractivity contribution in [1.29, 1.82) is 0 Å². The molecule has 27 heavy (non-hydrogen) atoms. The molecule has 2 aromatic carbocycles. The highest BCUT2D eigenvalue weighted by molar-refractivity contribution is 5.72. The SMILES string of the molecule is COc1ccc(-c2cc(CCC(=O)O)ccc2OCC2CCCCC2)cc1. The molecule has 1 fully saturated rings. The lowest BCUT2D eigenvalue weighted by molar-refractivity contribution is -0.136. The van der Waals surface area contributed by atoms with E-state index in [0.717, 1.165) is 34.8 Å². The van der Waals surface area contributed by atoms with E-state index in [1.807, 2.05) is 36.4 Å². The Morgan fingerprint density at radius 2 is 1.81 bits per heavy atom. The van der Waals surface area contributed by atoms with E-state index < -0.39 is 5.97 Å². The molecule has 0 bridgehead atoms. The first-order valence-corrected chi connectivity index (χ1v) is 9.77. The molecule has 2 aromatic rings. The molecule has 144 valence electrons. The van der Waals surface area contributed by atoms with Crippen LogP contribution >= 0.6 is 0 Å². The summed E-state index contributed by atoms with van der Waals surface area (Å²) in [6.45, 7) is 0.748. The van der Waals surface area contributed by atoms with Gasteiger partial charge in [-0.2, -0.15) is 0 Å². The lowest BCUT2D eigenvalue weighted by Gasteiger charge is -2.22. The van der Waals surface area contributed by atoms with Gasteiger partial charge in [0.25, 0.3) is 0 Å². The maximum absolute atomic E-state index is 10.9. The third-order valence-corrected chi connectivity index (χ3v) is 5.27. The first-order chi connectivity index (χ1) is 13.2. The molecule has 0 heterocycles. The summed E-state index contributed by atoms with van der Waals surface area (Å²) in [7, 11) is 1.65. The van der Waals surface area contributed by atoms with Crippen molar-refractivity contribution >= 4 is 5.97 Å². The fraction of sp³-hybridized carbons (Fsp3) is 0.435. The molecule has 4 heteroatoms. The van der Waals surface area contributed by atoms with Crippen molar-refractivity contribution in [2.45, 2.75) is 44.9 Å². The Labute approximate surface area is 161 Å². The van der Waals surface area contributed by atoms with Crippen molar-refractivity contribution in [1.82, 2.24) is 0 Å². The zero-order chi connectivity index (χ0) is 19.1. The Morgan fingerprint density at radius 3 is 2.48 bits per heavy atom. The van der Waals surface area contributed by atoms with Gasteiger partial charge in [-0.1, -0.05) is 37.5 Å². The summed E-state index contributed by atoms with van der Waals surface area (Å²) in [6.07, 6.45) is 7.07. The molecular formula is C23H28O4. The van der Waals surface area contributed by atoms with E-state index >= 15 is 0 Å². The zero-order valence-electron chi connectivity index (χ0n) is 15.9. The van der Waals surface area contributed by atoms with Crippen molar-refractivity contribution in [3.8, 4) is 22.6 Å². The van der Waals surface area contributed by atoms with Gasteiger partial charge in [0.1, 0.15) is 11.5 Å². The number of carbonyl (C=O) groups is 1. The van der Waals surface area contributed by atoms with Gasteiger partial charge in [-0.3, -0.25) is 4.79 Å². The van der Waals surface area contributed by atoms with Crippen LogP contribution in [0.3, 0.4) is 0 Å². The predicted molar refractivity (Wildman–Crippen MR) is 106 cm³/mol. The normalized spacial score (nSPS) is 14.7. The second-order valence-corrected chi connectivity index (χ2v) is 7.27. The summed E-state index contributed by atoms with van der Waals surface area (Å²) in [5, 5.41) is 8.96. The van der Waals surface area contributed by atoms with Gasteiger partial charge in [-0.15, -0.1) is 0 Å². The molecule has 1 aliphatic rings. The van der Waals surface area contributed by atoms with Gasteiger partial charge >= 0.3 is 5.97 Å². The molecule has 1 N–H and O–H groups in total. The van der Waals surface area contributed by atoms with Crippen molar-refractivity contribution in [3.05, 3.63) is 48.0 Å². The van der Waals surface area contributed by atoms with Crippen LogP contribution in [-0.4, -0.2) is 24.8 Å². The van der Waals surface area contributed by atoms with Gasteiger partial charge in [0.05, 0.1) is 13.7 Å². The Morgan fingerprint density at radius 1 is 1.07 bits per heavy atom. The molecule has 0 spiro atoms. The number of carboxylic acids is 1. The van der Waals surface area contributed by atoms with Gasteiger partial charge in [0, 0.05) is 12.0 Å². The summed E-state index contributed by atoms with van der Waals surface area (Å²) in [5.41, 5.74) is 3.07. The third kappa shape index (κ3) is 5.49. The summed E-state index contributed by atoms with van der Waals surface area (Å²) in [5.74, 6) is 1.53. The molecular weight excluding hydrogens is 340 g/mol. The van der Waals surface area contributed by atoms with Crippen LogP contribution in [-0.2, 0) is 11.2 Å². The van der Waals surface area contributed by atoms with E-state index in [2.05, 4.69) is 6.07 Å². The number of benzene rings is 2. The molecule has 0 aliphatic heterocycles. The van der Waals surface area contributed by atoms with E-state index in [1.54, 1.807) is 7.11 Å². The minimum absolute atomic E-state index is 0.129. The number of aryl methyl sites for hydroxylation is 1. The molecule has 0 amide bonds. The van der Waals surface area contributed by atoms with Crippen LogP contribution in [0.15, 0.2) is 42.5 Å². The van der Waals surface area contributed by atoms with Crippen molar-refractivity contribution in [2.24, 2.45) is 5.92 Å². The van der Waals surface area contributed by atoms with E-state index in [0.29, 0.717) is 12.3 Å². The maximum atomic E-state index is 10.9. The molecule has 0 saturated heterocycles. The number of ether oxygens (including phenoxy) is 2. The number of hydrogen-bond acceptors (Lipinski definition) is 3. The molecule has 3 rings (SSSR count). The zero-order valence-corrected chi connectivity index (χ0v) is 15.9. The van der Waals surface area contributed by atoms with Crippen LogP contribution in [0, 0.1) is 5.92 Å². The van der Waals surface area contributed by atoms with Crippen molar-refractivity contribution in [3.63, 3.8) is 0 Å². The molecule has 0 atom stereocenters. The monoisotopic (exact) mass is 368 g/mol. The largest absolute Gasteiger partial charge is 0.497 e. The van der Waals surface area contributed by atoms with Crippen LogP contribution in [0.25, 0.3) is 11.1 Å². The molecule has 4 nitrogen and oxygen atoms in total. The first kappa shape index (κ1) is 19.3. The Kier molecular flexibility index (Phi) is 6.74. The van der Waals surface area contributed by atoms with Crippen LogP contribution in [0.2, 0.25) is 0 Å². The fourth-order valence-electron chi connectivity index (χ4n) is 3.67. The predicted octanol–water partition coefficient (Wildman–Crippen LogP) is 5.34. The second kappa shape index (κ2) is 9.45. The highest BCUT2D eigenvalue weighted by atomic mass is 16.5.